The van der Waals surface area contributed by atoms with Crippen LogP contribution in [0.2, 0.25) is 0 Å². The predicted octanol–water partition coefficient (Wildman–Crippen LogP) is 3.50. The summed E-state index contributed by atoms with van der Waals surface area (Å²) in [5.74, 6) is 0.255. The van der Waals surface area contributed by atoms with Gasteiger partial charge in [-0.2, -0.15) is 5.10 Å². The minimum Gasteiger partial charge on any atom is -0.449 e. The molecule has 0 atom stereocenters. The van der Waals surface area contributed by atoms with Crippen LogP contribution >= 0.6 is 22.6 Å². The minimum absolute atomic E-state index is 0.0360. The number of para-hydroxylation sites is 2. The molecular formula is C20H14IN3O3. The van der Waals surface area contributed by atoms with Gasteiger partial charge >= 0.3 is 0 Å². The second kappa shape index (κ2) is 7.36. The van der Waals surface area contributed by atoms with Gasteiger partial charge in [-0.15, -0.1) is 0 Å². The third kappa shape index (κ3) is 3.50. The summed E-state index contributed by atoms with van der Waals surface area (Å²) in [6.07, 6.45) is 1.45. The second-order valence-corrected chi connectivity index (χ2v) is 6.95. The van der Waals surface area contributed by atoms with E-state index >= 15 is 0 Å². The summed E-state index contributed by atoms with van der Waals surface area (Å²) in [6, 6.07) is 18.1. The summed E-state index contributed by atoms with van der Waals surface area (Å²) in [6.45, 7) is 0.0360. The zero-order valence-corrected chi connectivity index (χ0v) is 16.2. The van der Waals surface area contributed by atoms with E-state index in [1.54, 1.807) is 18.2 Å². The number of carbonyl (C=O) groups is 1. The summed E-state index contributed by atoms with van der Waals surface area (Å²) >= 11 is 2.05. The van der Waals surface area contributed by atoms with Crippen LogP contribution in [0, 0.1) is 3.77 Å². The first-order chi connectivity index (χ1) is 13.1. The van der Waals surface area contributed by atoms with Gasteiger partial charge in [0.05, 0.1) is 17.2 Å². The van der Waals surface area contributed by atoms with Crippen molar-refractivity contribution in [3.63, 3.8) is 0 Å². The Bertz CT molecular complexity index is 1180. The van der Waals surface area contributed by atoms with E-state index in [0.29, 0.717) is 27.6 Å². The third-order valence-electron chi connectivity index (χ3n) is 4.16. The van der Waals surface area contributed by atoms with Gasteiger partial charge in [0.15, 0.2) is 9.20 Å². The third-order valence-corrected chi connectivity index (χ3v) is 4.74. The number of hydrogen-bond acceptors (Lipinski definition) is 4. The number of pyridine rings is 1. The number of nitrogens with one attached hydrogen (secondary N) is 1. The molecule has 27 heavy (non-hydrogen) atoms. The van der Waals surface area contributed by atoms with Gasteiger partial charge in [0.1, 0.15) is 12.3 Å². The molecule has 0 fully saturated rings. The van der Waals surface area contributed by atoms with Crippen LogP contribution in [-0.4, -0.2) is 16.7 Å². The van der Waals surface area contributed by atoms with E-state index in [9.17, 15) is 9.59 Å². The SMILES string of the molecule is O=C(Cn1c2ccccc2c(=O)c2ccccc21)N/N=C/c1ccc(I)o1. The van der Waals surface area contributed by atoms with Crippen molar-refractivity contribution in [2.45, 2.75) is 6.54 Å². The summed E-state index contributed by atoms with van der Waals surface area (Å²) < 4.78 is 7.93. The molecule has 2 heterocycles. The lowest BCUT2D eigenvalue weighted by Gasteiger charge is -2.14. The minimum atomic E-state index is -0.300. The van der Waals surface area contributed by atoms with E-state index in [-0.39, 0.29) is 17.9 Å². The van der Waals surface area contributed by atoms with Crippen LogP contribution in [0.4, 0.5) is 0 Å². The highest BCUT2D eigenvalue weighted by Gasteiger charge is 2.12. The Morgan fingerprint density at radius 3 is 2.26 bits per heavy atom. The van der Waals surface area contributed by atoms with Crippen molar-refractivity contribution in [2.24, 2.45) is 5.10 Å². The molecule has 2 aromatic heterocycles. The standard InChI is InChI=1S/C20H14IN3O3/c21-18-10-9-13(27-18)11-22-23-19(25)12-24-16-7-3-1-5-14(16)20(26)15-6-2-4-8-17(15)24/h1-11H,12H2,(H,23,25)/b22-11+. The summed E-state index contributed by atoms with van der Waals surface area (Å²) in [5.41, 5.74) is 3.88. The molecule has 7 heteroatoms. The van der Waals surface area contributed by atoms with Crippen molar-refractivity contribution in [3.8, 4) is 0 Å². The number of fused-ring (bicyclic) bond motifs is 2. The molecule has 2 aromatic carbocycles. The maximum Gasteiger partial charge on any atom is 0.260 e. The van der Waals surface area contributed by atoms with Crippen molar-refractivity contribution in [3.05, 3.63) is 80.4 Å². The van der Waals surface area contributed by atoms with E-state index in [4.69, 9.17) is 4.42 Å². The maximum atomic E-state index is 12.7. The van der Waals surface area contributed by atoms with Crippen LogP contribution in [0.3, 0.4) is 0 Å². The Morgan fingerprint density at radius 2 is 1.67 bits per heavy atom. The van der Waals surface area contributed by atoms with Crippen molar-refractivity contribution in [1.82, 2.24) is 9.99 Å². The highest BCUT2D eigenvalue weighted by molar-refractivity contribution is 14.1. The Balaban J connectivity index is 1.68. The summed E-state index contributed by atoms with van der Waals surface area (Å²) in [7, 11) is 0. The number of hydrogen-bond donors (Lipinski definition) is 1. The van der Waals surface area contributed by atoms with Crippen LogP contribution in [-0.2, 0) is 11.3 Å². The van der Waals surface area contributed by atoms with Crippen LogP contribution in [0.25, 0.3) is 21.8 Å². The molecule has 0 unspecified atom stereocenters. The number of carbonyl (C=O) groups excluding carboxylic acids is 1. The van der Waals surface area contributed by atoms with Gasteiger partial charge < -0.3 is 8.98 Å². The molecule has 4 aromatic rings. The quantitative estimate of drug-likeness (QED) is 0.214. The van der Waals surface area contributed by atoms with Crippen molar-refractivity contribution in [2.75, 3.05) is 0 Å². The summed E-state index contributed by atoms with van der Waals surface area (Å²) in [4.78, 5) is 25.1. The highest BCUT2D eigenvalue weighted by Crippen LogP contribution is 2.18. The van der Waals surface area contributed by atoms with Crippen molar-refractivity contribution in [1.29, 1.82) is 0 Å². The molecular weight excluding hydrogens is 457 g/mol. The average Bonchev–Trinajstić information content (AvgIpc) is 3.10. The first kappa shape index (κ1) is 17.5. The molecule has 0 aliphatic heterocycles. The van der Waals surface area contributed by atoms with E-state index < -0.39 is 0 Å². The Hall–Kier alpha value is -2.94. The molecule has 0 aliphatic rings. The number of halogens is 1. The Labute approximate surface area is 167 Å². The molecule has 0 saturated heterocycles. The molecule has 1 N–H and O–H groups in total. The fraction of sp³-hybridized carbons (Fsp3) is 0.0500. The molecule has 0 spiro atoms. The summed E-state index contributed by atoms with van der Waals surface area (Å²) in [5, 5.41) is 5.09. The molecule has 0 saturated carbocycles. The molecule has 4 rings (SSSR count). The number of aromatic nitrogens is 1. The normalized spacial score (nSPS) is 11.4. The van der Waals surface area contributed by atoms with Gasteiger partial charge in [0.25, 0.3) is 5.91 Å². The highest BCUT2D eigenvalue weighted by atomic mass is 127. The predicted molar refractivity (Wildman–Crippen MR) is 113 cm³/mol. The van der Waals surface area contributed by atoms with Gasteiger partial charge in [-0.05, 0) is 59.0 Å². The number of rotatable bonds is 4. The smallest absolute Gasteiger partial charge is 0.260 e. The monoisotopic (exact) mass is 471 g/mol. The fourth-order valence-corrected chi connectivity index (χ4v) is 3.43. The van der Waals surface area contributed by atoms with Crippen LogP contribution in [0.1, 0.15) is 5.76 Å². The topological polar surface area (TPSA) is 76.6 Å². The second-order valence-electron chi connectivity index (χ2n) is 5.88. The first-order valence-electron chi connectivity index (χ1n) is 8.21. The van der Waals surface area contributed by atoms with Crippen molar-refractivity contribution < 1.29 is 9.21 Å². The van der Waals surface area contributed by atoms with E-state index in [2.05, 4.69) is 33.1 Å². The molecule has 0 aliphatic carbocycles. The van der Waals surface area contributed by atoms with Crippen LogP contribution < -0.4 is 10.9 Å². The lowest BCUT2D eigenvalue weighted by molar-refractivity contribution is -0.121. The van der Waals surface area contributed by atoms with Gasteiger partial charge in [-0.3, -0.25) is 9.59 Å². The number of amides is 1. The molecule has 0 radical (unpaired) electrons. The lowest BCUT2D eigenvalue weighted by Crippen LogP contribution is -2.25. The average molecular weight is 471 g/mol. The van der Waals surface area contributed by atoms with Gasteiger partial charge in [0.2, 0.25) is 0 Å². The number of furan rings is 1. The molecule has 1 amide bonds. The molecule has 134 valence electrons. The zero-order valence-electron chi connectivity index (χ0n) is 14.1. The van der Waals surface area contributed by atoms with Gasteiger partial charge in [-0.25, -0.2) is 5.43 Å². The van der Waals surface area contributed by atoms with Gasteiger partial charge in [0, 0.05) is 10.8 Å². The van der Waals surface area contributed by atoms with E-state index in [1.165, 1.54) is 6.21 Å². The number of benzene rings is 2. The fourth-order valence-electron chi connectivity index (χ4n) is 2.99. The molecule has 0 bridgehead atoms. The van der Waals surface area contributed by atoms with Crippen LogP contribution in [0.5, 0.6) is 0 Å². The first-order valence-corrected chi connectivity index (χ1v) is 9.29. The largest absolute Gasteiger partial charge is 0.449 e. The van der Waals surface area contributed by atoms with E-state index in [0.717, 1.165) is 3.77 Å². The van der Waals surface area contributed by atoms with Crippen molar-refractivity contribution >= 4 is 56.5 Å². The molecule has 6 nitrogen and oxygen atoms in total. The van der Waals surface area contributed by atoms with E-state index in [1.807, 2.05) is 47.0 Å². The lowest BCUT2D eigenvalue weighted by atomic mass is 10.1. The van der Waals surface area contributed by atoms with Gasteiger partial charge in [-0.1, -0.05) is 24.3 Å². The number of hydrazone groups is 1. The number of nitrogens with zero attached hydrogens (tertiary/aromatic N) is 2. The Morgan fingerprint density at radius 1 is 1.04 bits per heavy atom. The van der Waals surface area contributed by atoms with Crippen LogP contribution in [0.15, 0.2) is 75.0 Å². The maximum absolute atomic E-state index is 12.7. The zero-order chi connectivity index (χ0) is 18.8. The Kier molecular flexibility index (Phi) is 4.76.